The largest absolute Gasteiger partial charge is 0.469 e. The van der Waals surface area contributed by atoms with Crippen LogP contribution in [0.2, 0.25) is 0 Å². The lowest BCUT2D eigenvalue weighted by Crippen LogP contribution is -2.53. The zero-order valence-corrected chi connectivity index (χ0v) is 16.9. The van der Waals surface area contributed by atoms with E-state index in [9.17, 15) is 4.79 Å². The highest BCUT2D eigenvalue weighted by molar-refractivity contribution is 5.72. The Labute approximate surface area is 154 Å². The van der Waals surface area contributed by atoms with Crippen molar-refractivity contribution in [1.82, 2.24) is 0 Å². The number of esters is 1. The molecule has 0 aromatic carbocycles. The van der Waals surface area contributed by atoms with Gasteiger partial charge in [-0.05, 0) is 91.8 Å². The van der Waals surface area contributed by atoms with E-state index in [-0.39, 0.29) is 11.9 Å². The van der Waals surface area contributed by atoms with E-state index in [1.54, 1.807) is 7.11 Å². The Morgan fingerprint density at radius 1 is 0.920 bits per heavy atom. The van der Waals surface area contributed by atoms with Gasteiger partial charge in [-0.25, -0.2) is 0 Å². The fraction of sp³-hybridized carbons (Fsp3) is 0.957. The van der Waals surface area contributed by atoms with Crippen LogP contribution in [0.1, 0.15) is 85.0 Å². The quantitative estimate of drug-likeness (QED) is 0.587. The van der Waals surface area contributed by atoms with E-state index in [1.807, 2.05) is 0 Å². The summed E-state index contributed by atoms with van der Waals surface area (Å²) < 4.78 is 5.10. The maximum atomic E-state index is 12.2. The molecule has 0 unspecified atom stereocenters. The zero-order chi connectivity index (χ0) is 17.8. The van der Waals surface area contributed by atoms with Crippen LogP contribution >= 0.6 is 0 Å². The molecule has 25 heavy (non-hydrogen) atoms. The third-order valence-corrected chi connectivity index (χ3v) is 9.83. The minimum absolute atomic E-state index is 0.0111. The molecule has 0 bridgehead atoms. The second-order valence-corrected chi connectivity index (χ2v) is 10.4. The fourth-order valence-electron chi connectivity index (χ4n) is 8.51. The summed E-state index contributed by atoms with van der Waals surface area (Å²) in [6.45, 7) is 7.30. The van der Waals surface area contributed by atoms with Crippen LogP contribution in [0.5, 0.6) is 0 Å². The standard InChI is InChI=1S/C23H38O2/c1-15(21(24)25-4)18-10-11-19-17-9-8-16-7-5-6-13-22(16,2)20(17)12-14-23(18,19)3/h15-20H,5-14H2,1-4H3/t15-,16-,17+,18-,19+,20+,22+,23-/m1/s1. The summed E-state index contributed by atoms with van der Waals surface area (Å²) in [5, 5.41) is 0. The van der Waals surface area contributed by atoms with Gasteiger partial charge in [0.1, 0.15) is 0 Å². The number of carbonyl (C=O) groups excluding carboxylic acids is 1. The normalized spacial score (nSPS) is 50.3. The van der Waals surface area contributed by atoms with Crippen LogP contribution in [0.3, 0.4) is 0 Å². The number of ether oxygens (including phenoxy) is 1. The molecule has 0 radical (unpaired) electrons. The van der Waals surface area contributed by atoms with Gasteiger partial charge < -0.3 is 4.74 Å². The van der Waals surface area contributed by atoms with Gasteiger partial charge in [0.15, 0.2) is 0 Å². The van der Waals surface area contributed by atoms with Crippen molar-refractivity contribution in [3.05, 3.63) is 0 Å². The van der Waals surface area contributed by atoms with Gasteiger partial charge in [0.05, 0.1) is 13.0 Å². The number of carbonyl (C=O) groups is 1. The van der Waals surface area contributed by atoms with E-state index < -0.39 is 0 Å². The second-order valence-electron chi connectivity index (χ2n) is 10.4. The van der Waals surface area contributed by atoms with Gasteiger partial charge in [0, 0.05) is 0 Å². The molecule has 4 rings (SSSR count). The van der Waals surface area contributed by atoms with Gasteiger partial charge in [-0.1, -0.05) is 33.6 Å². The average molecular weight is 347 g/mol. The second kappa shape index (κ2) is 6.27. The van der Waals surface area contributed by atoms with Crippen molar-refractivity contribution < 1.29 is 9.53 Å². The summed E-state index contributed by atoms with van der Waals surface area (Å²) in [7, 11) is 1.55. The summed E-state index contributed by atoms with van der Waals surface area (Å²) in [6, 6.07) is 0. The molecule has 0 spiro atoms. The molecule has 4 saturated carbocycles. The molecule has 8 atom stereocenters. The van der Waals surface area contributed by atoms with Gasteiger partial charge in [-0.2, -0.15) is 0 Å². The highest BCUT2D eigenvalue weighted by Gasteiger charge is 2.60. The third kappa shape index (κ3) is 2.52. The summed E-state index contributed by atoms with van der Waals surface area (Å²) in [4.78, 5) is 12.2. The van der Waals surface area contributed by atoms with Gasteiger partial charge in [-0.15, -0.1) is 0 Å². The van der Waals surface area contributed by atoms with Crippen LogP contribution in [0.25, 0.3) is 0 Å². The Bertz CT molecular complexity index is 528. The molecule has 2 nitrogen and oxygen atoms in total. The van der Waals surface area contributed by atoms with Crippen molar-refractivity contribution in [1.29, 1.82) is 0 Å². The van der Waals surface area contributed by atoms with E-state index in [0.29, 0.717) is 16.7 Å². The van der Waals surface area contributed by atoms with E-state index in [0.717, 1.165) is 23.7 Å². The van der Waals surface area contributed by atoms with Gasteiger partial charge in [0.2, 0.25) is 0 Å². The topological polar surface area (TPSA) is 26.3 Å². The Balaban J connectivity index is 1.58. The van der Waals surface area contributed by atoms with Crippen LogP contribution in [-0.4, -0.2) is 13.1 Å². The van der Waals surface area contributed by atoms with Crippen LogP contribution in [0.15, 0.2) is 0 Å². The molecular weight excluding hydrogens is 308 g/mol. The lowest BCUT2D eigenvalue weighted by molar-refractivity contribution is -0.151. The maximum absolute atomic E-state index is 12.2. The Morgan fingerprint density at radius 3 is 2.44 bits per heavy atom. The molecule has 0 N–H and O–H groups in total. The number of methoxy groups -OCH3 is 1. The number of hydrogen-bond donors (Lipinski definition) is 0. The smallest absolute Gasteiger partial charge is 0.308 e. The maximum Gasteiger partial charge on any atom is 0.308 e. The van der Waals surface area contributed by atoms with Gasteiger partial charge >= 0.3 is 5.97 Å². The predicted molar refractivity (Wildman–Crippen MR) is 101 cm³/mol. The van der Waals surface area contributed by atoms with Crippen LogP contribution < -0.4 is 0 Å². The van der Waals surface area contributed by atoms with E-state index in [2.05, 4.69) is 20.8 Å². The molecule has 0 saturated heterocycles. The molecule has 0 heterocycles. The molecule has 0 aliphatic heterocycles. The van der Waals surface area contributed by atoms with E-state index in [1.165, 1.54) is 64.2 Å². The summed E-state index contributed by atoms with van der Waals surface area (Å²) in [6.07, 6.45) is 14.2. The minimum atomic E-state index is 0.0111. The monoisotopic (exact) mass is 346 g/mol. The number of hydrogen-bond acceptors (Lipinski definition) is 2. The number of rotatable bonds is 2. The van der Waals surface area contributed by atoms with Crippen LogP contribution in [0, 0.1) is 46.3 Å². The molecular formula is C23H38O2. The van der Waals surface area contributed by atoms with Gasteiger partial charge in [-0.3, -0.25) is 4.79 Å². The summed E-state index contributed by atoms with van der Waals surface area (Å²) >= 11 is 0. The predicted octanol–water partition coefficient (Wildman–Crippen LogP) is 5.84. The first-order valence-corrected chi connectivity index (χ1v) is 11.0. The average Bonchev–Trinajstić information content (AvgIpc) is 2.97. The summed E-state index contributed by atoms with van der Waals surface area (Å²) in [5.74, 6) is 4.34. The van der Waals surface area contributed by atoms with Crippen LogP contribution in [-0.2, 0) is 9.53 Å². The SMILES string of the molecule is COC(=O)[C@H](C)[C@H]1CC[C@H]2[C@@H]3CC[C@H]4CCCC[C@]4(C)[C@H]3CC[C@]12C. The Kier molecular flexibility index (Phi) is 4.48. The zero-order valence-electron chi connectivity index (χ0n) is 16.9. The minimum Gasteiger partial charge on any atom is -0.469 e. The van der Waals surface area contributed by atoms with Crippen molar-refractivity contribution in [3.63, 3.8) is 0 Å². The molecule has 4 aliphatic rings. The Morgan fingerprint density at radius 2 is 1.68 bits per heavy atom. The molecule has 0 aromatic heterocycles. The van der Waals surface area contributed by atoms with Crippen molar-refractivity contribution >= 4 is 5.97 Å². The Hall–Kier alpha value is -0.530. The first-order valence-electron chi connectivity index (χ1n) is 11.0. The van der Waals surface area contributed by atoms with Crippen LogP contribution in [0.4, 0.5) is 0 Å². The van der Waals surface area contributed by atoms with Crippen molar-refractivity contribution in [2.24, 2.45) is 46.3 Å². The highest BCUT2D eigenvalue weighted by Crippen LogP contribution is 2.68. The van der Waals surface area contributed by atoms with Gasteiger partial charge in [0.25, 0.3) is 0 Å². The van der Waals surface area contributed by atoms with Crippen molar-refractivity contribution in [2.45, 2.75) is 85.0 Å². The van der Waals surface area contributed by atoms with Crippen molar-refractivity contribution in [3.8, 4) is 0 Å². The molecule has 142 valence electrons. The first-order chi connectivity index (χ1) is 11.9. The molecule has 0 amide bonds. The number of fused-ring (bicyclic) bond motifs is 5. The van der Waals surface area contributed by atoms with Crippen molar-refractivity contribution in [2.75, 3.05) is 7.11 Å². The molecule has 0 aromatic rings. The summed E-state index contributed by atoms with van der Waals surface area (Å²) in [5.41, 5.74) is 0.987. The highest BCUT2D eigenvalue weighted by atomic mass is 16.5. The molecule has 4 fully saturated rings. The molecule has 4 aliphatic carbocycles. The fourth-order valence-corrected chi connectivity index (χ4v) is 8.51. The van der Waals surface area contributed by atoms with E-state index >= 15 is 0 Å². The third-order valence-electron chi connectivity index (χ3n) is 9.83. The lowest BCUT2D eigenvalue weighted by Gasteiger charge is -2.60. The first kappa shape index (κ1) is 17.9. The lowest BCUT2D eigenvalue weighted by atomic mass is 9.44. The van der Waals surface area contributed by atoms with E-state index in [4.69, 9.17) is 4.74 Å². The molecule has 2 heteroatoms.